The summed E-state index contributed by atoms with van der Waals surface area (Å²) in [6.07, 6.45) is 5.20. The highest BCUT2D eigenvalue weighted by molar-refractivity contribution is 7.11. The monoisotopic (exact) mass is 220 g/mol. The van der Waals surface area contributed by atoms with Crippen LogP contribution in [0.25, 0.3) is 0 Å². The number of aryl methyl sites for hydroxylation is 1. The third-order valence-electron chi connectivity index (χ3n) is 1.89. The first-order valence-corrected chi connectivity index (χ1v) is 5.53. The van der Waals surface area contributed by atoms with Crippen molar-refractivity contribution in [2.45, 2.75) is 20.0 Å². The van der Waals surface area contributed by atoms with E-state index in [2.05, 4.69) is 27.2 Å². The van der Waals surface area contributed by atoms with Gasteiger partial charge in [-0.05, 0) is 13.0 Å². The number of hydrogen-bond donors (Lipinski definition) is 1. The van der Waals surface area contributed by atoms with Crippen LogP contribution in [0.2, 0.25) is 0 Å². The lowest BCUT2D eigenvalue weighted by Gasteiger charge is -2.00. The number of hydrogen-bond acceptors (Lipinski definition) is 5. The minimum absolute atomic E-state index is 0.751. The van der Waals surface area contributed by atoms with Crippen LogP contribution in [0.4, 0.5) is 0 Å². The van der Waals surface area contributed by atoms with Gasteiger partial charge < -0.3 is 5.32 Å². The van der Waals surface area contributed by atoms with Crippen LogP contribution in [-0.4, -0.2) is 15.0 Å². The van der Waals surface area contributed by atoms with E-state index in [1.807, 2.05) is 12.3 Å². The van der Waals surface area contributed by atoms with E-state index in [0.717, 1.165) is 23.8 Å². The van der Waals surface area contributed by atoms with Crippen molar-refractivity contribution in [1.82, 2.24) is 20.3 Å². The minimum atomic E-state index is 0.751. The molecule has 0 aliphatic rings. The first-order valence-electron chi connectivity index (χ1n) is 4.71. The maximum absolute atomic E-state index is 4.27. The molecule has 0 saturated carbocycles. The number of thiazole rings is 1. The van der Waals surface area contributed by atoms with Crippen LogP contribution in [0.1, 0.15) is 15.6 Å². The Morgan fingerprint density at radius 2 is 2.27 bits per heavy atom. The molecule has 0 unspecified atom stereocenters. The van der Waals surface area contributed by atoms with Gasteiger partial charge in [-0.1, -0.05) is 0 Å². The fourth-order valence-corrected chi connectivity index (χ4v) is 1.96. The zero-order chi connectivity index (χ0) is 10.5. The largest absolute Gasteiger partial charge is 0.305 e. The zero-order valence-corrected chi connectivity index (χ0v) is 9.29. The quantitative estimate of drug-likeness (QED) is 0.849. The van der Waals surface area contributed by atoms with Gasteiger partial charge in [-0.25, -0.2) is 15.0 Å². The molecule has 1 N–H and O–H groups in total. The predicted molar refractivity (Wildman–Crippen MR) is 59.4 cm³/mol. The zero-order valence-electron chi connectivity index (χ0n) is 8.47. The molecule has 0 radical (unpaired) electrons. The molecule has 2 rings (SSSR count). The van der Waals surface area contributed by atoms with Gasteiger partial charge in [0.25, 0.3) is 0 Å². The summed E-state index contributed by atoms with van der Waals surface area (Å²) in [6, 6.07) is 1.90. The van der Waals surface area contributed by atoms with E-state index in [1.54, 1.807) is 23.9 Å². The summed E-state index contributed by atoms with van der Waals surface area (Å²) in [5, 5.41) is 4.40. The number of aromatic nitrogens is 3. The minimum Gasteiger partial charge on any atom is -0.305 e. The molecule has 2 aromatic heterocycles. The Morgan fingerprint density at radius 3 is 2.93 bits per heavy atom. The predicted octanol–water partition coefficient (Wildman–Crippen LogP) is 1.53. The molecule has 0 fully saturated rings. The van der Waals surface area contributed by atoms with E-state index >= 15 is 0 Å². The highest BCUT2D eigenvalue weighted by atomic mass is 32.1. The van der Waals surface area contributed by atoms with E-state index in [9.17, 15) is 0 Å². The van der Waals surface area contributed by atoms with Crippen molar-refractivity contribution in [3.05, 3.63) is 40.4 Å². The highest BCUT2D eigenvalue weighted by Gasteiger charge is 1.98. The Labute approximate surface area is 92.4 Å². The standard InChI is InChI=1S/C10H12N4S/c1-8-4-13-10(15-8)6-12-5-9-2-3-11-7-14-9/h2-4,7,12H,5-6H2,1H3. The molecule has 2 aromatic rings. The third-order valence-corrected chi connectivity index (χ3v) is 2.81. The highest BCUT2D eigenvalue weighted by Crippen LogP contribution is 2.10. The molecule has 15 heavy (non-hydrogen) atoms. The molecule has 0 atom stereocenters. The molecule has 0 aromatic carbocycles. The van der Waals surface area contributed by atoms with Crippen molar-refractivity contribution < 1.29 is 0 Å². The molecule has 0 saturated heterocycles. The summed E-state index contributed by atoms with van der Waals surface area (Å²) >= 11 is 1.72. The van der Waals surface area contributed by atoms with Gasteiger partial charge >= 0.3 is 0 Å². The Hall–Kier alpha value is -1.33. The summed E-state index contributed by atoms with van der Waals surface area (Å²) in [5.41, 5.74) is 0.998. The Bertz CT molecular complexity index is 412. The molecule has 0 aliphatic carbocycles. The lowest BCUT2D eigenvalue weighted by Crippen LogP contribution is -2.13. The van der Waals surface area contributed by atoms with Crippen LogP contribution >= 0.6 is 11.3 Å². The fourth-order valence-electron chi connectivity index (χ4n) is 1.20. The van der Waals surface area contributed by atoms with Crippen molar-refractivity contribution in [2.75, 3.05) is 0 Å². The van der Waals surface area contributed by atoms with E-state index in [-0.39, 0.29) is 0 Å². The SMILES string of the molecule is Cc1cnc(CNCc2ccncn2)s1. The van der Waals surface area contributed by atoms with Gasteiger partial charge in [-0.15, -0.1) is 11.3 Å². The molecule has 2 heterocycles. The second-order valence-corrected chi connectivity index (χ2v) is 4.49. The Morgan fingerprint density at radius 1 is 1.33 bits per heavy atom. The summed E-state index contributed by atoms with van der Waals surface area (Å²) < 4.78 is 0. The summed E-state index contributed by atoms with van der Waals surface area (Å²) in [4.78, 5) is 13.5. The van der Waals surface area contributed by atoms with Gasteiger partial charge in [-0.2, -0.15) is 0 Å². The van der Waals surface area contributed by atoms with Crippen molar-refractivity contribution in [3.8, 4) is 0 Å². The fraction of sp³-hybridized carbons (Fsp3) is 0.300. The van der Waals surface area contributed by atoms with E-state index in [4.69, 9.17) is 0 Å². The van der Waals surface area contributed by atoms with Crippen molar-refractivity contribution in [1.29, 1.82) is 0 Å². The molecule has 0 bridgehead atoms. The molecular weight excluding hydrogens is 208 g/mol. The van der Waals surface area contributed by atoms with Crippen LogP contribution in [0.3, 0.4) is 0 Å². The van der Waals surface area contributed by atoms with Gasteiger partial charge in [0.1, 0.15) is 11.3 Å². The van der Waals surface area contributed by atoms with Crippen molar-refractivity contribution in [3.63, 3.8) is 0 Å². The van der Waals surface area contributed by atoms with Gasteiger partial charge in [0.2, 0.25) is 0 Å². The normalized spacial score (nSPS) is 10.5. The molecule has 0 aliphatic heterocycles. The van der Waals surface area contributed by atoms with Gasteiger partial charge in [0, 0.05) is 30.4 Å². The second-order valence-electron chi connectivity index (χ2n) is 3.17. The Balaban J connectivity index is 1.80. The van der Waals surface area contributed by atoms with Gasteiger partial charge in [0.15, 0.2) is 0 Å². The van der Waals surface area contributed by atoms with Crippen LogP contribution < -0.4 is 5.32 Å². The van der Waals surface area contributed by atoms with E-state index in [1.165, 1.54) is 4.88 Å². The third kappa shape index (κ3) is 3.07. The maximum atomic E-state index is 4.27. The molecule has 0 amide bonds. The molecular formula is C10H12N4S. The van der Waals surface area contributed by atoms with Crippen molar-refractivity contribution >= 4 is 11.3 Å². The molecule has 5 heteroatoms. The molecule has 78 valence electrons. The Kier molecular flexibility index (Phi) is 3.37. The first-order chi connectivity index (χ1) is 7.34. The average Bonchev–Trinajstić information content (AvgIpc) is 2.66. The number of nitrogens with zero attached hydrogens (tertiary/aromatic N) is 3. The maximum Gasteiger partial charge on any atom is 0.115 e. The van der Waals surface area contributed by atoms with Crippen LogP contribution in [0.15, 0.2) is 24.8 Å². The second kappa shape index (κ2) is 4.95. The van der Waals surface area contributed by atoms with Gasteiger partial charge in [-0.3, -0.25) is 0 Å². The summed E-state index contributed by atoms with van der Waals surface area (Å²) in [6.45, 7) is 3.61. The molecule has 4 nitrogen and oxygen atoms in total. The van der Waals surface area contributed by atoms with Crippen LogP contribution in [0.5, 0.6) is 0 Å². The smallest absolute Gasteiger partial charge is 0.115 e. The van der Waals surface area contributed by atoms with Crippen LogP contribution in [0, 0.1) is 6.92 Å². The summed E-state index contributed by atoms with van der Waals surface area (Å²) in [7, 11) is 0. The first kappa shape index (κ1) is 10.2. The lowest BCUT2D eigenvalue weighted by molar-refractivity contribution is 0.675. The average molecular weight is 220 g/mol. The van der Waals surface area contributed by atoms with Gasteiger partial charge in [0.05, 0.1) is 5.69 Å². The molecule has 0 spiro atoms. The van der Waals surface area contributed by atoms with Crippen LogP contribution in [-0.2, 0) is 13.1 Å². The summed E-state index contributed by atoms with van der Waals surface area (Å²) in [5.74, 6) is 0. The number of rotatable bonds is 4. The lowest BCUT2D eigenvalue weighted by atomic mass is 10.4. The van der Waals surface area contributed by atoms with Crippen molar-refractivity contribution in [2.24, 2.45) is 0 Å². The van der Waals surface area contributed by atoms with E-state index in [0.29, 0.717) is 0 Å². The topological polar surface area (TPSA) is 50.7 Å². The number of nitrogens with one attached hydrogen (secondary N) is 1. The van der Waals surface area contributed by atoms with E-state index < -0.39 is 0 Å².